The quantitative estimate of drug-likeness (QED) is 0.632. The molecule has 0 aliphatic heterocycles. The van der Waals surface area contributed by atoms with Crippen LogP contribution in [0.15, 0.2) is 42.6 Å². The fourth-order valence-electron chi connectivity index (χ4n) is 2.50. The van der Waals surface area contributed by atoms with E-state index in [1.165, 1.54) is 4.57 Å². The van der Waals surface area contributed by atoms with Crippen molar-refractivity contribution in [2.75, 3.05) is 6.61 Å². The van der Waals surface area contributed by atoms with E-state index in [4.69, 9.17) is 33.0 Å². The Morgan fingerprint density at radius 2 is 1.77 bits per heavy atom. The van der Waals surface area contributed by atoms with Gasteiger partial charge in [-0.05, 0) is 30.3 Å². The van der Waals surface area contributed by atoms with E-state index >= 15 is 0 Å². The predicted octanol–water partition coefficient (Wildman–Crippen LogP) is 5.42. The van der Waals surface area contributed by atoms with E-state index in [1.807, 2.05) is 0 Å². The first-order valence-electron chi connectivity index (χ1n) is 7.19. The Morgan fingerprint density at radius 1 is 1.12 bits per heavy atom. The average molecular weight is 404 g/mol. The van der Waals surface area contributed by atoms with E-state index in [0.717, 1.165) is 17.5 Å². The zero-order chi connectivity index (χ0) is 19.1. The van der Waals surface area contributed by atoms with E-state index in [0.29, 0.717) is 11.3 Å². The molecule has 1 N–H and O–H groups in total. The van der Waals surface area contributed by atoms with Crippen LogP contribution in [0.5, 0.6) is 5.75 Å². The van der Waals surface area contributed by atoms with Crippen molar-refractivity contribution in [1.82, 2.24) is 4.57 Å². The summed E-state index contributed by atoms with van der Waals surface area (Å²) in [5, 5.41) is 9.10. The average Bonchev–Trinajstić information content (AvgIpc) is 2.94. The zero-order valence-electron chi connectivity index (χ0n) is 12.8. The molecule has 3 aromatic rings. The van der Waals surface area contributed by atoms with E-state index in [-0.39, 0.29) is 15.7 Å². The number of alkyl halides is 3. The van der Waals surface area contributed by atoms with Gasteiger partial charge in [0, 0.05) is 17.6 Å². The number of benzene rings is 2. The lowest BCUT2D eigenvalue weighted by atomic mass is 10.2. The fraction of sp³-hybridized carbons (Fsp3) is 0.118. The molecule has 0 aliphatic carbocycles. The summed E-state index contributed by atoms with van der Waals surface area (Å²) in [5.41, 5.74) is -0.207. The van der Waals surface area contributed by atoms with Gasteiger partial charge in [-0.2, -0.15) is 13.2 Å². The molecular formula is C17H10Cl2F3NO3. The number of hydrogen-bond acceptors (Lipinski definition) is 2. The number of carboxylic acid groups (broad SMARTS) is 1. The number of hydrogen-bond donors (Lipinski definition) is 1. The maximum absolute atomic E-state index is 12.9. The number of fused-ring (bicyclic) bond motifs is 1. The van der Waals surface area contributed by atoms with E-state index in [2.05, 4.69) is 0 Å². The number of rotatable bonds is 4. The highest BCUT2D eigenvalue weighted by Gasteiger charge is 2.32. The van der Waals surface area contributed by atoms with E-state index in [9.17, 15) is 18.0 Å². The van der Waals surface area contributed by atoms with Gasteiger partial charge in [0.05, 0.1) is 26.8 Å². The van der Waals surface area contributed by atoms with Crippen LogP contribution in [0.25, 0.3) is 16.6 Å². The third-order valence-corrected chi connectivity index (χ3v) is 4.19. The second-order valence-electron chi connectivity index (χ2n) is 5.38. The van der Waals surface area contributed by atoms with E-state index < -0.39 is 24.3 Å². The third kappa shape index (κ3) is 3.59. The number of carboxylic acids is 1. The molecule has 136 valence electrons. The molecule has 2 aromatic carbocycles. The molecule has 9 heteroatoms. The van der Waals surface area contributed by atoms with Crippen LogP contribution < -0.4 is 4.74 Å². The first kappa shape index (κ1) is 18.4. The summed E-state index contributed by atoms with van der Waals surface area (Å²) in [7, 11) is 0. The maximum atomic E-state index is 12.9. The summed E-state index contributed by atoms with van der Waals surface area (Å²) in [6.07, 6.45) is -2.96. The molecular weight excluding hydrogens is 394 g/mol. The number of halogens is 5. The lowest BCUT2D eigenvalue weighted by molar-refractivity contribution is -0.139. The van der Waals surface area contributed by atoms with Crippen molar-refractivity contribution in [3.8, 4) is 11.4 Å². The highest BCUT2D eigenvalue weighted by Crippen LogP contribution is 2.39. The first-order chi connectivity index (χ1) is 12.2. The van der Waals surface area contributed by atoms with Crippen LogP contribution in [-0.2, 0) is 11.0 Å². The van der Waals surface area contributed by atoms with Gasteiger partial charge in [-0.3, -0.25) is 0 Å². The minimum Gasteiger partial charge on any atom is -0.482 e. The van der Waals surface area contributed by atoms with Gasteiger partial charge in [0.1, 0.15) is 5.75 Å². The highest BCUT2D eigenvalue weighted by molar-refractivity contribution is 6.38. The second-order valence-corrected chi connectivity index (χ2v) is 6.19. The molecule has 0 radical (unpaired) electrons. The molecule has 3 rings (SSSR count). The Bertz CT molecular complexity index is 976. The lowest BCUT2D eigenvalue weighted by Crippen LogP contribution is -2.09. The highest BCUT2D eigenvalue weighted by atomic mass is 35.5. The molecule has 0 bridgehead atoms. The molecule has 0 atom stereocenters. The van der Waals surface area contributed by atoms with Crippen LogP contribution in [0, 0.1) is 0 Å². The van der Waals surface area contributed by atoms with Gasteiger partial charge >= 0.3 is 12.1 Å². The van der Waals surface area contributed by atoms with Crippen molar-refractivity contribution >= 4 is 40.1 Å². The SMILES string of the molecule is O=C(O)COc1ccc2ccn(-c3c(Cl)cc(C(F)(F)F)cc3Cl)c2c1. The zero-order valence-corrected chi connectivity index (χ0v) is 14.4. The number of aromatic nitrogens is 1. The summed E-state index contributed by atoms with van der Waals surface area (Å²) >= 11 is 12.1. The van der Waals surface area contributed by atoms with Crippen LogP contribution in [0.1, 0.15) is 5.56 Å². The summed E-state index contributed by atoms with van der Waals surface area (Å²) in [6.45, 7) is -0.520. The minimum absolute atomic E-state index is 0.167. The largest absolute Gasteiger partial charge is 0.482 e. The molecule has 1 aromatic heterocycles. The third-order valence-electron chi connectivity index (χ3n) is 3.61. The molecule has 0 amide bonds. The Balaban J connectivity index is 2.10. The van der Waals surface area contributed by atoms with Gasteiger partial charge in [-0.25, -0.2) is 4.79 Å². The Labute approximate surface area is 155 Å². The summed E-state index contributed by atoms with van der Waals surface area (Å²) in [6, 6.07) is 8.17. The van der Waals surface area contributed by atoms with Crippen LogP contribution in [0.2, 0.25) is 10.0 Å². The van der Waals surface area contributed by atoms with Crippen LogP contribution in [0.3, 0.4) is 0 Å². The van der Waals surface area contributed by atoms with Crippen LogP contribution >= 0.6 is 23.2 Å². The minimum atomic E-state index is -4.57. The molecule has 0 spiro atoms. The Kier molecular flexibility index (Phi) is 4.77. The van der Waals surface area contributed by atoms with Gasteiger partial charge in [0.15, 0.2) is 6.61 Å². The van der Waals surface area contributed by atoms with E-state index in [1.54, 1.807) is 30.5 Å². The molecule has 4 nitrogen and oxygen atoms in total. The van der Waals surface area contributed by atoms with Gasteiger partial charge in [-0.15, -0.1) is 0 Å². The van der Waals surface area contributed by atoms with Crippen molar-refractivity contribution in [3.05, 3.63) is 58.2 Å². The number of ether oxygens (including phenoxy) is 1. The van der Waals surface area contributed by atoms with Crippen molar-refractivity contribution in [2.45, 2.75) is 6.18 Å². The topological polar surface area (TPSA) is 51.5 Å². The Morgan fingerprint density at radius 3 is 2.35 bits per heavy atom. The second kappa shape index (κ2) is 6.74. The molecule has 26 heavy (non-hydrogen) atoms. The van der Waals surface area contributed by atoms with Gasteiger partial charge in [0.25, 0.3) is 0 Å². The summed E-state index contributed by atoms with van der Waals surface area (Å²) < 4.78 is 45.3. The molecule has 0 aliphatic rings. The molecule has 0 saturated heterocycles. The first-order valence-corrected chi connectivity index (χ1v) is 7.95. The van der Waals surface area contributed by atoms with Crippen LogP contribution in [-0.4, -0.2) is 22.2 Å². The molecule has 0 saturated carbocycles. The lowest BCUT2D eigenvalue weighted by Gasteiger charge is -2.14. The molecule has 0 fully saturated rings. The van der Waals surface area contributed by atoms with Gasteiger partial charge < -0.3 is 14.4 Å². The fourth-order valence-corrected chi connectivity index (χ4v) is 3.17. The Hall–Kier alpha value is -2.38. The number of aliphatic carboxylic acids is 1. The standard InChI is InChI=1S/C17H10Cl2F3NO3/c18-12-5-10(17(20,21)22)6-13(19)16(12)23-4-3-9-1-2-11(7-14(9)23)26-8-15(24)25/h1-7H,8H2,(H,24,25). The van der Waals surface area contributed by atoms with Gasteiger partial charge in [0.2, 0.25) is 0 Å². The monoisotopic (exact) mass is 403 g/mol. The number of nitrogens with zero attached hydrogens (tertiary/aromatic N) is 1. The molecule has 0 unspecified atom stereocenters. The van der Waals surface area contributed by atoms with Crippen molar-refractivity contribution in [1.29, 1.82) is 0 Å². The normalized spacial score (nSPS) is 11.7. The maximum Gasteiger partial charge on any atom is 0.416 e. The smallest absolute Gasteiger partial charge is 0.416 e. The molecule has 1 heterocycles. The summed E-state index contributed by atoms with van der Waals surface area (Å²) in [5.74, 6) is -0.840. The summed E-state index contributed by atoms with van der Waals surface area (Å²) in [4.78, 5) is 10.6. The number of carbonyl (C=O) groups is 1. The van der Waals surface area contributed by atoms with Crippen LogP contribution in [0.4, 0.5) is 13.2 Å². The van der Waals surface area contributed by atoms with Crippen molar-refractivity contribution in [3.63, 3.8) is 0 Å². The van der Waals surface area contributed by atoms with Crippen molar-refractivity contribution < 1.29 is 27.8 Å². The van der Waals surface area contributed by atoms with Gasteiger partial charge in [-0.1, -0.05) is 23.2 Å². The van der Waals surface area contributed by atoms with Crippen molar-refractivity contribution in [2.24, 2.45) is 0 Å². The predicted molar refractivity (Wildman–Crippen MR) is 91.4 cm³/mol.